The fourth-order valence-corrected chi connectivity index (χ4v) is 6.26. The van der Waals surface area contributed by atoms with Gasteiger partial charge in [0.1, 0.15) is 11.6 Å². The molecule has 0 bridgehead atoms. The lowest BCUT2D eigenvalue weighted by Crippen LogP contribution is -2.46. The van der Waals surface area contributed by atoms with Crippen molar-refractivity contribution in [2.75, 3.05) is 49.1 Å². The van der Waals surface area contributed by atoms with E-state index in [2.05, 4.69) is 14.8 Å². The molecule has 194 valence electrons. The van der Waals surface area contributed by atoms with E-state index >= 15 is 0 Å². The van der Waals surface area contributed by atoms with Crippen LogP contribution in [0.1, 0.15) is 40.7 Å². The summed E-state index contributed by atoms with van der Waals surface area (Å²) in [4.78, 5) is 41.3. The summed E-state index contributed by atoms with van der Waals surface area (Å²) < 4.78 is 19.1. The number of hydrogen-bond acceptors (Lipinski definition) is 7. The Hall–Kier alpha value is -4.01. The Kier molecular flexibility index (Phi) is 5.18. The van der Waals surface area contributed by atoms with Crippen LogP contribution in [0.15, 0.2) is 61.1 Å². The molecule has 7 rings (SSSR count). The van der Waals surface area contributed by atoms with Gasteiger partial charge in [-0.1, -0.05) is 6.07 Å². The maximum atomic E-state index is 13.7. The van der Waals surface area contributed by atoms with Crippen molar-refractivity contribution in [2.24, 2.45) is 0 Å². The third kappa shape index (κ3) is 3.63. The molecule has 1 unspecified atom stereocenters. The zero-order valence-corrected chi connectivity index (χ0v) is 21.0. The number of amides is 1. The van der Waals surface area contributed by atoms with E-state index in [-0.39, 0.29) is 17.7 Å². The lowest BCUT2D eigenvalue weighted by atomic mass is 9.92. The predicted octanol–water partition coefficient (Wildman–Crippen LogP) is 3.27. The van der Waals surface area contributed by atoms with E-state index in [1.54, 1.807) is 12.4 Å². The number of piperazine rings is 1. The molecule has 8 nitrogen and oxygen atoms in total. The number of ether oxygens (including phenoxy) is 1. The van der Waals surface area contributed by atoms with Crippen LogP contribution >= 0.6 is 0 Å². The number of carbonyl (C=O) groups is 2. The largest absolute Gasteiger partial charge is 0.449 e. The number of esters is 1. The molecule has 2 saturated heterocycles. The number of benzene rings is 1. The van der Waals surface area contributed by atoms with Crippen LogP contribution < -0.4 is 9.80 Å². The maximum absolute atomic E-state index is 13.7. The second-order valence-electron chi connectivity index (χ2n) is 10.7. The number of rotatable bonds is 4. The number of anilines is 2. The van der Waals surface area contributed by atoms with E-state index in [0.29, 0.717) is 25.1 Å². The lowest BCUT2D eigenvalue weighted by Gasteiger charge is -2.36. The molecule has 1 aliphatic carbocycles. The quantitative estimate of drug-likeness (QED) is 0.496. The van der Waals surface area contributed by atoms with E-state index in [1.807, 2.05) is 41.4 Å². The number of nitrogens with zero attached hydrogens (tertiary/aromatic N) is 5. The summed E-state index contributed by atoms with van der Waals surface area (Å²) >= 11 is 0. The van der Waals surface area contributed by atoms with Gasteiger partial charge < -0.3 is 19.4 Å². The molecule has 1 atom stereocenters. The smallest absolute Gasteiger partial charge is 0.341 e. The van der Waals surface area contributed by atoms with Crippen LogP contribution in [0.3, 0.4) is 0 Å². The van der Waals surface area contributed by atoms with Crippen LogP contribution in [0.2, 0.25) is 0 Å². The van der Waals surface area contributed by atoms with Crippen LogP contribution in [0.4, 0.5) is 15.9 Å². The van der Waals surface area contributed by atoms with Crippen LogP contribution in [-0.2, 0) is 20.5 Å². The summed E-state index contributed by atoms with van der Waals surface area (Å²) in [6.07, 6.45) is 7.27. The third-order valence-corrected chi connectivity index (χ3v) is 8.59. The molecular weight excluding hydrogens is 485 g/mol. The van der Waals surface area contributed by atoms with Gasteiger partial charge in [0.05, 0.1) is 17.5 Å². The number of fused-ring (bicyclic) bond motifs is 2. The molecule has 0 N–H and O–H groups in total. The molecule has 38 heavy (non-hydrogen) atoms. The van der Waals surface area contributed by atoms with E-state index < -0.39 is 11.0 Å². The summed E-state index contributed by atoms with van der Waals surface area (Å²) in [7, 11) is 0. The Morgan fingerprint density at radius 1 is 0.895 bits per heavy atom. The molecule has 1 aromatic carbocycles. The van der Waals surface area contributed by atoms with Gasteiger partial charge in [-0.3, -0.25) is 9.78 Å². The highest BCUT2D eigenvalue weighted by Gasteiger charge is 2.58. The predicted molar refractivity (Wildman–Crippen MR) is 139 cm³/mol. The second kappa shape index (κ2) is 8.51. The SMILES string of the molecule is O=C1OC2(CCN(C(=O)C3(c4ccc(N5CCN(c6ccc(F)cc6)CC5)nc4)CC3)C2)c2ccncc21. The molecule has 4 aliphatic rings. The van der Waals surface area contributed by atoms with Crippen molar-refractivity contribution in [3.8, 4) is 0 Å². The van der Waals surface area contributed by atoms with Gasteiger partial charge in [0.15, 0.2) is 5.60 Å². The van der Waals surface area contributed by atoms with Crippen molar-refractivity contribution in [3.63, 3.8) is 0 Å². The van der Waals surface area contributed by atoms with E-state index in [4.69, 9.17) is 9.72 Å². The maximum Gasteiger partial charge on any atom is 0.341 e. The summed E-state index contributed by atoms with van der Waals surface area (Å²) in [6.45, 7) is 4.23. The standard InChI is InChI=1S/C29H28FN5O3/c30-21-2-4-22(5-3-21)33-13-15-34(16-14-33)25-6-1-20(17-32-25)28(8-9-28)27(37)35-12-10-29(19-35)24-7-11-31-18-23(24)26(36)38-29/h1-7,11,17-18H,8-10,12-16,19H2. The topological polar surface area (TPSA) is 78.9 Å². The van der Waals surface area contributed by atoms with E-state index in [0.717, 1.165) is 61.7 Å². The van der Waals surface area contributed by atoms with Crippen LogP contribution in [0.5, 0.6) is 0 Å². The van der Waals surface area contributed by atoms with Gasteiger partial charge >= 0.3 is 5.97 Å². The fourth-order valence-electron chi connectivity index (χ4n) is 6.26. The molecule has 0 radical (unpaired) electrons. The third-order valence-electron chi connectivity index (χ3n) is 8.59. The van der Waals surface area contributed by atoms with Crippen LogP contribution in [0.25, 0.3) is 0 Å². The monoisotopic (exact) mass is 513 g/mol. The Balaban J connectivity index is 1.02. The van der Waals surface area contributed by atoms with Crippen molar-refractivity contribution >= 4 is 23.4 Å². The number of likely N-dealkylation sites (tertiary alicyclic amines) is 1. The van der Waals surface area contributed by atoms with E-state index in [1.165, 1.54) is 12.1 Å². The first-order valence-corrected chi connectivity index (χ1v) is 13.2. The highest BCUT2D eigenvalue weighted by atomic mass is 19.1. The molecule has 5 heterocycles. The highest BCUT2D eigenvalue weighted by Crippen LogP contribution is 2.52. The van der Waals surface area contributed by atoms with Crippen molar-refractivity contribution in [1.29, 1.82) is 0 Å². The van der Waals surface area contributed by atoms with Gasteiger partial charge in [0, 0.05) is 69.0 Å². The second-order valence-corrected chi connectivity index (χ2v) is 10.7. The number of halogens is 1. The average molecular weight is 514 g/mol. The summed E-state index contributed by atoms with van der Waals surface area (Å²) in [5, 5.41) is 0. The Labute approximate surface area is 220 Å². The average Bonchev–Trinajstić information content (AvgIpc) is 3.59. The summed E-state index contributed by atoms with van der Waals surface area (Å²) in [5.41, 5.74) is 2.01. The Morgan fingerprint density at radius 2 is 1.66 bits per heavy atom. The number of carbonyl (C=O) groups excluding carboxylic acids is 2. The van der Waals surface area contributed by atoms with Gasteiger partial charge in [0.25, 0.3) is 0 Å². The van der Waals surface area contributed by atoms with E-state index in [9.17, 15) is 14.0 Å². The molecule has 9 heteroatoms. The van der Waals surface area contributed by atoms with Crippen molar-refractivity contribution < 1.29 is 18.7 Å². The lowest BCUT2D eigenvalue weighted by molar-refractivity contribution is -0.134. The number of pyridine rings is 2. The first-order valence-electron chi connectivity index (χ1n) is 13.2. The first kappa shape index (κ1) is 23.1. The van der Waals surface area contributed by atoms with Gasteiger partial charge in [-0.2, -0.15) is 0 Å². The zero-order chi connectivity index (χ0) is 25.9. The molecule has 3 aliphatic heterocycles. The molecular formula is C29H28FN5O3. The molecule has 1 amide bonds. The highest BCUT2D eigenvalue weighted by molar-refractivity contribution is 5.95. The van der Waals surface area contributed by atoms with Crippen LogP contribution in [-0.4, -0.2) is 66.0 Å². The number of aromatic nitrogens is 2. The fraction of sp³-hybridized carbons (Fsp3) is 0.379. The summed E-state index contributed by atoms with van der Waals surface area (Å²) in [6, 6.07) is 12.5. The minimum Gasteiger partial charge on any atom is -0.449 e. The van der Waals surface area contributed by atoms with Crippen LogP contribution in [0, 0.1) is 5.82 Å². The van der Waals surface area contributed by atoms with Gasteiger partial charge in [0.2, 0.25) is 5.91 Å². The van der Waals surface area contributed by atoms with Gasteiger partial charge in [-0.25, -0.2) is 14.2 Å². The number of hydrogen-bond donors (Lipinski definition) is 0. The minimum atomic E-state index is -0.765. The molecule has 3 aromatic rings. The molecule has 1 saturated carbocycles. The van der Waals surface area contributed by atoms with Crippen molar-refractivity contribution in [3.05, 3.63) is 83.6 Å². The van der Waals surface area contributed by atoms with Crippen molar-refractivity contribution in [1.82, 2.24) is 14.9 Å². The minimum absolute atomic E-state index is 0.0930. The first-order chi connectivity index (χ1) is 18.5. The van der Waals surface area contributed by atoms with Gasteiger partial charge in [-0.05, 0) is 54.8 Å². The zero-order valence-electron chi connectivity index (χ0n) is 21.0. The molecule has 3 fully saturated rings. The van der Waals surface area contributed by atoms with Crippen molar-refractivity contribution in [2.45, 2.75) is 30.3 Å². The molecule has 2 aromatic heterocycles. The summed E-state index contributed by atoms with van der Waals surface area (Å²) in [5.74, 6) is 0.411. The molecule has 1 spiro atoms. The normalized spacial score (nSPS) is 23.5. The Morgan fingerprint density at radius 3 is 2.37 bits per heavy atom. The Bertz CT molecular complexity index is 1400. The van der Waals surface area contributed by atoms with Gasteiger partial charge in [-0.15, -0.1) is 0 Å².